The van der Waals surface area contributed by atoms with E-state index in [-0.39, 0.29) is 23.6 Å². The summed E-state index contributed by atoms with van der Waals surface area (Å²) in [5.74, 6) is 1.04. The highest BCUT2D eigenvalue weighted by molar-refractivity contribution is 5.96. The Morgan fingerprint density at radius 2 is 1.84 bits per heavy atom. The fourth-order valence-corrected chi connectivity index (χ4v) is 2.93. The number of hydrogen-bond donors (Lipinski definition) is 1. The van der Waals surface area contributed by atoms with E-state index >= 15 is 0 Å². The van der Waals surface area contributed by atoms with Gasteiger partial charge in [0, 0.05) is 12.0 Å². The van der Waals surface area contributed by atoms with Gasteiger partial charge in [-0.05, 0) is 56.0 Å². The lowest BCUT2D eigenvalue weighted by Gasteiger charge is -2.13. The van der Waals surface area contributed by atoms with Crippen LogP contribution >= 0.6 is 0 Å². The molecule has 2 aromatic rings. The van der Waals surface area contributed by atoms with Crippen LogP contribution in [0, 0.1) is 11.7 Å². The van der Waals surface area contributed by atoms with Gasteiger partial charge in [0.1, 0.15) is 17.3 Å². The van der Waals surface area contributed by atoms with Gasteiger partial charge in [-0.25, -0.2) is 4.39 Å². The fraction of sp³-hybridized carbons (Fsp3) is 0.350. The summed E-state index contributed by atoms with van der Waals surface area (Å²) in [6.45, 7) is 4.87. The van der Waals surface area contributed by atoms with E-state index in [1.54, 1.807) is 24.3 Å². The van der Waals surface area contributed by atoms with E-state index in [1.165, 1.54) is 12.1 Å². The SMILES string of the molecule is CCOc1ccc(OCC)c(NC(=O)C2CC2c2ccc(F)cc2)c1. The number of ether oxygens (including phenoxy) is 2. The van der Waals surface area contributed by atoms with Gasteiger partial charge < -0.3 is 14.8 Å². The molecule has 132 valence electrons. The molecule has 1 fully saturated rings. The van der Waals surface area contributed by atoms with Crippen LogP contribution in [0.25, 0.3) is 0 Å². The van der Waals surface area contributed by atoms with E-state index in [9.17, 15) is 9.18 Å². The van der Waals surface area contributed by atoms with E-state index in [1.807, 2.05) is 19.9 Å². The summed E-state index contributed by atoms with van der Waals surface area (Å²) in [6, 6.07) is 11.8. The Balaban J connectivity index is 1.70. The summed E-state index contributed by atoms with van der Waals surface area (Å²) in [5, 5.41) is 2.95. The van der Waals surface area contributed by atoms with Gasteiger partial charge in [-0.15, -0.1) is 0 Å². The monoisotopic (exact) mass is 343 g/mol. The summed E-state index contributed by atoms with van der Waals surface area (Å²) in [7, 11) is 0. The van der Waals surface area contributed by atoms with Crippen molar-refractivity contribution in [1.82, 2.24) is 0 Å². The number of nitrogens with one attached hydrogen (secondary N) is 1. The van der Waals surface area contributed by atoms with Crippen LogP contribution in [0.15, 0.2) is 42.5 Å². The second kappa shape index (κ2) is 7.55. The van der Waals surface area contributed by atoms with Gasteiger partial charge in [0.2, 0.25) is 5.91 Å². The second-order valence-corrected chi connectivity index (χ2v) is 6.01. The van der Waals surface area contributed by atoms with Gasteiger partial charge in [0.15, 0.2) is 0 Å². The molecule has 0 aliphatic heterocycles. The number of rotatable bonds is 7. The maximum absolute atomic E-state index is 13.0. The largest absolute Gasteiger partial charge is 0.494 e. The zero-order valence-electron chi connectivity index (χ0n) is 14.4. The van der Waals surface area contributed by atoms with Crippen molar-refractivity contribution >= 4 is 11.6 Å². The quantitative estimate of drug-likeness (QED) is 0.812. The molecule has 2 unspecified atom stereocenters. The highest BCUT2D eigenvalue weighted by atomic mass is 19.1. The lowest BCUT2D eigenvalue weighted by atomic mass is 10.1. The standard InChI is InChI=1S/C20H22FNO3/c1-3-24-15-9-10-19(25-4-2)18(11-15)22-20(23)17-12-16(17)13-5-7-14(21)8-6-13/h5-11,16-17H,3-4,12H2,1-2H3,(H,22,23). The summed E-state index contributed by atoms with van der Waals surface area (Å²) in [4.78, 5) is 12.6. The van der Waals surface area contributed by atoms with Crippen LogP contribution in [-0.4, -0.2) is 19.1 Å². The zero-order chi connectivity index (χ0) is 17.8. The minimum atomic E-state index is -0.264. The molecule has 1 aliphatic rings. The number of anilines is 1. The first-order valence-corrected chi connectivity index (χ1v) is 8.58. The molecule has 2 atom stereocenters. The van der Waals surface area contributed by atoms with Crippen molar-refractivity contribution in [3.05, 3.63) is 53.8 Å². The Kier molecular flexibility index (Phi) is 5.22. The summed E-state index contributed by atoms with van der Waals surface area (Å²) >= 11 is 0. The molecule has 0 spiro atoms. The lowest BCUT2D eigenvalue weighted by Crippen LogP contribution is -2.15. The van der Waals surface area contributed by atoms with Crippen LogP contribution in [0.2, 0.25) is 0 Å². The van der Waals surface area contributed by atoms with Crippen molar-refractivity contribution in [2.24, 2.45) is 5.92 Å². The Morgan fingerprint density at radius 3 is 2.52 bits per heavy atom. The molecule has 0 aromatic heterocycles. The molecule has 25 heavy (non-hydrogen) atoms. The lowest BCUT2D eigenvalue weighted by molar-refractivity contribution is -0.117. The number of benzene rings is 2. The predicted molar refractivity (Wildman–Crippen MR) is 94.7 cm³/mol. The molecule has 0 saturated heterocycles. The Labute approximate surface area is 147 Å². The first-order chi connectivity index (χ1) is 12.1. The van der Waals surface area contributed by atoms with Crippen molar-refractivity contribution in [2.45, 2.75) is 26.2 Å². The molecule has 1 aliphatic carbocycles. The third kappa shape index (κ3) is 4.10. The van der Waals surface area contributed by atoms with Crippen molar-refractivity contribution < 1.29 is 18.7 Å². The molecule has 5 heteroatoms. The van der Waals surface area contributed by atoms with Gasteiger partial charge in [-0.2, -0.15) is 0 Å². The highest BCUT2D eigenvalue weighted by Gasteiger charge is 2.44. The van der Waals surface area contributed by atoms with Crippen molar-refractivity contribution in [2.75, 3.05) is 18.5 Å². The summed E-state index contributed by atoms with van der Waals surface area (Å²) < 4.78 is 24.1. The molecule has 1 saturated carbocycles. The first kappa shape index (κ1) is 17.3. The van der Waals surface area contributed by atoms with Crippen LogP contribution < -0.4 is 14.8 Å². The Bertz CT molecular complexity index is 745. The van der Waals surface area contributed by atoms with E-state index in [0.29, 0.717) is 30.4 Å². The number of halogens is 1. The zero-order valence-corrected chi connectivity index (χ0v) is 14.4. The number of carbonyl (C=O) groups is 1. The Hall–Kier alpha value is -2.56. The molecule has 1 N–H and O–H groups in total. The molecule has 3 rings (SSSR count). The van der Waals surface area contributed by atoms with E-state index in [2.05, 4.69) is 5.32 Å². The molecule has 0 bridgehead atoms. The van der Waals surface area contributed by atoms with Crippen LogP contribution in [0.5, 0.6) is 11.5 Å². The fourth-order valence-electron chi connectivity index (χ4n) is 2.93. The Morgan fingerprint density at radius 1 is 1.12 bits per heavy atom. The van der Waals surface area contributed by atoms with Crippen molar-refractivity contribution in [3.63, 3.8) is 0 Å². The number of amides is 1. The topological polar surface area (TPSA) is 47.6 Å². The van der Waals surface area contributed by atoms with Crippen LogP contribution in [0.3, 0.4) is 0 Å². The van der Waals surface area contributed by atoms with Crippen LogP contribution in [0.4, 0.5) is 10.1 Å². The second-order valence-electron chi connectivity index (χ2n) is 6.01. The van der Waals surface area contributed by atoms with Gasteiger partial charge in [0.25, 0.3) is 0 Å². The molecular weight excluding hydrogens is 321 g/mol. The van der Waals surface area contributed by atoms with Gasteiger partial charge in [-0.3, -0.25) is 4.79 Å². The predicted octanol–water partition coefficient (Wildman–Crippen LogP) is 4.37. The molecular formula is C20H22FNO3. The van der Waals surface area contributed by atoms with Crippen molar-refractivity contribution in [3.8, 4) is 11.5 Å². The number of hydrogen-bond acceptors (Lipinski definition) is 3. The average Bonchev–Trinajstić information content (AvgIpc) is 3.39. The van der Waals surface area contributed by atoms with E-state index in [0.717, 1.165) is 12.0 Å². The molecule has 2 aromatic carbocycles. The maximum Gasteiger partial charge on any atom is 0.228 e. The summed E-state index contributed by atoms with van der Waals surface area (Å²) in [6.07, 6.45) is 0.770. The average molecular weight is 343 g/mol. The third-order valence-corrected chi connectivity index (χ3v) is 4.25. The van der Waals surface area contributed by atoms with Crippen LogP contribution in [0.1, 0.15) is 31.7 Å². The number of carbonyl (C=O) groups excluding carboxylic acids is 1. The normalized spacial score (nSPS) is 18.5. The van der Waals surface area contributed by atoms with Crippen molar-refractivity contribution in [1.29, 1.82) is 0 Å². The molecule has 1 amide bonds. The van der Waals surface area contributed by atoms with E-state index in [4.69, 9.17) is 9.47 Å². The third-order valence-electron chi connectivity index (χ3n) is 4.25. The highest BCUT2D eigenvalue weighted by Crippen LogP contribution is 2.48. The maximum atomic E-state index is 13.0. The van der Waals surface area contributed by atoms with Gasteiger partial charge >= 0.3 is 0 Å². The first-order valence-electron chi connectivity index (χ1n) is 8.58. The minimum Gasteiger partial charge on any atom is -0.494 e. The molecule has 0 heterocycles. The minimum absolute atomic E-state index is 0.0519. The van der Waals surface area contributed by atoms with Gasteiger partial charge in [-0.1, -0.05) is 12.1 Å². The summed E-state index contributed by atoms with van der Waals surface area (Å²) in [5.41, 5.74) is 1.61. The van der Waals surface area contributed by atoms with E-state index < -0.39 is 0 Å². The smallest absolute Gasteiger partial charge is 0.228 e. The molecule has 0 radical (unpaired) electrons. The van der Waals surface area contributed by atoms with Gasteiger partial charge in [0.05, 0.1) is 18.9 Å². The molecule has 4 nitrogen and oxygen atoms in total. The van der Waals surface area contributed by atoms with Crippen LogP contribution in [-0.2, 0) is 4.79 Å².